The van der Waals surface area contributed by atoms with Crippen molar-refractivity contribution in [3.8, 4) is 0 Å². The summed E-state index contributed by atoms with van der Waals surface area (Å²) < 4.78 is 1.00. The minimum Gasteiger partial charge on any atom is -0.380 e. The fraction of sp³-hybridized carbons (Fsp3) is 0.391. The standard InChI is InChI=1S/C23H33N3OS2/c1-8-10-19(26-22(27)9-2)14-25-17(5)20-12-11-15(3)16(4)23(21(20)13-24)29-18(6)28-7/h8,10,13,15,24-25H,1,5-6,9,11-12,14H2,2-4,7H3,(H,26,27)/b19-10-,24-13?. The Bertz CT molecular complexity index is 775. The molecule has 0 saturated heterocycles. The Morgan fingerprint density at radius 1 is 1.38 bits per heavy atom. The van der Waals surface area contributed by atoms with Gasteiger partial charge in [-0.2, -0.15) is 0 Å². The highest BCUT2D eigenvalue weighted by Crippen LogP contribution is 2.43. The molecular weight excluding hydrogens is 398 g/mol. The third-order valence-electron chi connectivity index (χ3n) is 4.88. The lowest BCUT2D eigenvalue weighted by atomic mass is 9.97. The van der Waals surface area contributed by atoms with Crippen LogP contribution in [0.15, 0.2) is 69.1 Å². The van der Waals surface area contributed by atoms with Gasteiger partial charge in [0.15, 0.2) is 0 Å². The van der Waals surface area contributed by atoms with Crippen LogP contribution in [0.2, 0.25) is 0 Å². The molecule has 158 valence electrons. The normalized spacial score (nSPS) is 17.5. The number of carbonyl (C=O) groups excluding carboxylic acids is 1. The number of amides is 1. The maximum absolute atomic E-state index is 11.7. The molecule has 0 aromatic carbocycles. The van der Waals surface area contributed by atoms with Crippen LogP contribution in [-0.2, 0) is 4.79 Å². The molecule has 6 heteroatoms. The average Bonchev–Trinajstić information content (AvgIpc) is 2.83. The fourth-order valence-electron chi connectivity index (χ4n) is 2.91. The number of hydrogen-bond donors (Lipinski definition) is 3. The van der Waals surface area contributed by atoms with E-state index in [1.807, 2.05) is 13.2 Å². The molecule has 0 bridgehead atoms. The third-order valence-corrected chi connectivity index (χ3v) is 7.06. The Morgan fingerprint density at radius 2 is 2.07 bits per heavy atom. The molecule has 1 amide bonds. The van der Waals surface area contributed by atoms with Gasteiger partial charge in [-0.25, -0.2) is 0 Å². The summed E-state index contributed by atoms with van der Waals surface area (Å²) in [4.78, 5) is 12.8. The summed E-state index contributed by atoms with van der Waals surface area (Å²) >= 11 is 3.25. The van der Waals surface area contributed by atoms with Crippen molar-refractivity contribution in [3.05, 3.63) is 69.1 Å². The Labute approximate surface area is 184 Å². The minimum absolute atomic E-state index is 0.0407. The zero-order valence-electron chi connectivity index (χ0n) is 18.0. The van der Waals surface area contributed by atoms with Gasteiger partial charge in [0.05, 0.1) is 6.54 Å². The van der Waals surface area contributed by atoms with Crippen molar-refractivity contribution in [2.45, 2.75) is 40.0 Å². The summed E-state index contributed by atoms with van der Waals surface area (Å²) in [6, 6.07) is 0. The zero-order valence-corrected chi connectivity index (χ0v) is 19.6. The van der Waals surface area contributed by atoms with E-state index in [4.69, 9.17) is 5.41 Å². The predicted molar refractivity (Wildman–Crippen MR) is 131 cm³/mol. The van der Waals surface area contributed by atoms with Crippen molar-refractivity contribution < 1.29 is 4.79 Å². The highest BCUT2D eigenvalue weighted by molar-refractivity contribution is 8.23. The topological polar surface area (TPSA) is 65.0 Å². The molecular formula is C23H33N3OS2. The monoisotopic (exact) mass is 431 g/mol. The zero-order chi connectivity index (χ0) is 22.0. The Morgan fingerprint density at radius 3 is 2.62 bits per heavy atom. The molecule has 1 aliphatic carbocycles. The Balaban J connectivity index is 3.16. The molecule has 1 aliphatic rings. The van der Waals surface area contributed by atoms with E-state index in [-0.39, 0.29) is 5.91 Å². The van der Waals surface area contributed by atoms with Crippen LogP contribution in [0.4, 0.5) is 0 Å². The molecule has 0 radical (unpaired) electrons. The van der Waals surface area contributed by atoms with Crippen LogP contribution in [0.25, 0.3) is 0 Å². The van der Waals surface area contributed by atoms with Gasteiger partial charge in [-0.05, 0) is 43.6 Å². The molecule has 0 saturated carbocycles. The second-order valence-electron chi connectivity index (χ2n) is 6.83. The van der Waals surface area contributed by atoms with Gasteiger partial charge in [-0.3, -0.25) is 4.79 Å². The van der Waals surface area contributed by atoms with Crippen molar-refractivity contribution in [1.82, 2.24) is 10.6 Å². The van der Waals surface area contributed by atoms with E-state index in [0.717, 1.165) is 44.5 Å². The van der Waals surface area contributed by atoms with Crippen molar-refractivity contribution in [2.75, 3.05) is 12.8 Å². The van der Waals surface area contributed by atoms with E-state index in [1.54, 1.807) is 35.7 Å². The van der Waals surface area contributed by atoms with Gasteiger partial charge in [0.2, 0.25) is 5.91 Å². The lowest BCUT2D eigenvalue weighted by Crippen LogP contribution is -2.29. The van der Waals surface area contributed by atoms with Crippen molar-refractivity contribution >= 4 is 35.6 Å². The second-order valence-corrected chi connectivity index (χ2v) is 9.09. The third kappa shape index (κ3) is 7.44. The van der Waals surface area contributed by atoms with Gasteiger partial charge in [-0.1, -0.05) is 57.0 Å². The number of hydrogen-bond acceptors (Lipinski definition) is 5. The summed E-state index contributed by atoms with van der Waals surface area (Å²) in [7, 11) is 0. The molecule has 1 atom stereocenters. The molecule has 3 N–H and O–H groups in total. The van der Waals surface area contributed by atoms with Gasteiger partial charge in [0, 0.05) is 38.7 Å². The highest BCUT2D eigenvalue weighted by atomic mass is 32.2. The van der Waals surface area contributed by atoms with Gasteiger partial charge in [0.1, 0.15) is 0 Å². The summed E-state index contributed by atoms with van der Waals surface area (Å²) in [5, 5.41) is 14.3. The maximum Gasteiger partial charge on any atom is 0.223 e. The smallest absolute Gasteiger partial charge is 0.223 e. The van der Waals surface area contributed by atoms with Crippen LogP contribution in [0.3, 0.4) is 0 Å². The Hall–Kier alpha value is -1.92. The molecule has 0 spiro atoms. The van der Waals surface area contributed by atoms with Crippen LogP contribution in [-0.4, -0.2) is 24.9 Å². The SMILES string of the molecule is C=C/C=C(/CNC(=C)C1=C(C=N)C(SC(=C)SC)=C(C)C(C)CC1)NC(=O)CC. The largest absolute Gasteiger partial charge is 0.380 e. The predicted octanol–water partition coefficient (Wildman–Crippen LogP) is 5.90. The van der Waals surface area contributed by atoms with Gasteiger partial charge in [-0.15, -0.1) is 11.8 Å². The Kier molecular flexibility index (Phi) is 10.9. The van der Waals surface area contributed by atoms with E-state index in [0.29, 0.717) is 18.9 Å². The second kappa shape index (κ2) is 12.6. The van der Waals surface area contributed by atoms with E-state index in [1.165, 1.54) is 11.8 Å². The average molecular weight is 432 g/mol. The first-order valence-electron chi connectivity index (χ1n) is 9.69. The van der Waals surface area contributed by atoms with Crippen LogP contribution in [0.5, 0.6) is 0 Å². The van der Waals surface area contributed by atoms with Crippen LogP contribution in [0, 0.1) is 11.3 Å². The first kappa shape index (κ1) is 25.1. The van der Waals surface area contributed by atoms with Crippen LogP contribution in [0.1, 0.15) is 40.0 Å². The quantitative estimate of drug-likeness (QED) is 0.281. The summed E-state index contributed by atoms with van der Waals surface area (Å²) in [6.07, 6.45) is 9.13. The van der Waals surface area contributed by atoms with E-state index in [9.17, 15) is 4.79 Å². The first-order chi connectivity index (χ1) is 13.8. The summed E-state index contributed by atoms with van der Waals surface area (Å²) in [5.41, 5.74) is 4.74. The molecule has 0 aromatic heterocycles. The lowest BCUT2D eigenvalue weighted by Gasteiger charge is -2.18. The lowest BCUT2D eigenvalue weighted by molar-refractivity contribution is -0.120. The number of thioether (sulfide) groups is 2. The number of nitrogens with one attached hydrogen (secondary N) is 3. The molecule has 0 aromatic rings. The number of allylic oxidation sites excluding steroid dienone is 5. The van der Waals surface area contributed by atoms with E-state index < -0.39 is 0 Å². The van der Waals surface area contributed by atoms with Gasteiger partial charge < -0.3 is 16.0 Å². The van der Waals surface area contributed by atoms with Crippen molar-refractivity contribution in [3.63, 3.8) is 0 Å². The molecule has 1 rings (SSSR count). The highest BCUT2D eigenvalue weighted by Gasteiger charge is 2.23. The first-order valence-corrected chi connectivity index (χ1v) is 11.7. The molecule has 29 heavy (non-hydrogen) atoms. The molecule has 1 unspecified atom stereocenters. The molecule has 4 nitrogen and oxygen atoms in total. The fourth-order valence-corrected chi connectivity index (χ4v) is 4.37. The summed E-state index contributed by atoms with van der Waals surface area (Å²) in [5.74, 6) is 0.383. The maximum atomic E-state index is 11.7. The summed E-state index contributed by atoms with van der Waals surface area (Å²) in [6.45, 7) is 18.7. The van der Waals surface area contributed by atoms with E-state index in [2.05, 4.69) is 44.2 Å². The number of rotatable bonds is 11. The van der Waals surface area contributed by atoms with Crippen LogP contribution < -0.4 is 10.6 Å². The van der Waals surface area contributed by atoms with Crippen molar-refractivity contribution in [2.24, 2.45) is 5.92 Å². The van der Waals surface area contributed by atoms with Crippen LogP contribution >= 0.6 is 23.5 Å². The van der Waals surface area contributed by atoms with Gasteiger partial charge >= 0.3 is 0 Å². The molecule has 0 fully saturated rings. The van der Waals surface area contributed by atoms with Gasteiger partial charge in [0.25, 0.3) is 0 Å². The molecule has 0 aliphatic heterocycles. The minimum atomic E-state index is -0.0407. The van der Waals surface area contributed by atoms with Crippen molar-refractivity contribution in [1.29, 1.82) is 5.41 Å². The number of carbonyl (C=O) groups is 1. The van der Waals surface area contributed by atoms with E-state index >= 15 is 0 Å². The molecule has 0 heterocycles.